The lowest BCUT2D eigenvalue weighted by Gasteiger charge is -2.20. The van der Waals surface area contributed by atoms with Crippen LogP contribution in [0.5, 0.6) is 0 Å². The van der Waals surface area contributed by atoms with Crippen LogP contribution >= 0.6 is 0 Å². The summed E-state index contributed by atoms with van der Waals surface area (Å²) in [4.78, 5) is 24.5. The summed E-state index contributed by atoms with van der Waals surface area (Å²) in [5.74, 6) is -0.116. The van der Waals surface area contributed by atoms with Crippen LogP contribution in [0.3, 0.4) is 0 Å². The molecule has 0 radical (unpaired) electrons. The van der Waals surface area contributed by atoms with E-state index in [0.29, 0.717) is 19.4 Å². The molecule has 1 amide bonds. The third-order valence-corrected chi connectivity index (χ3v) is 12.9. The zero-order valence-electron chi connectivity index (χ0n) is 42.8. The molecule has 0 rings (SSSR count). The molecular formula is C58H109NO5. The lowest BCUT2D eigenvalue weighted by atomic mass is 10.0. The minimum atomic E-state index is -0.859. The predicted molar refractivity (Wildman–Crippen MR) is 278 cm³/mol. The van der Waals surface area contributed by atoms with Gasteiger partial charge in [-0.05, 0) is 57.8 Å². The number of carbonyl (C=O) groups excluding carboxylic acids is 2. The summed E-state index contributed by atoms with van der Waals surface area (Å²) in [6, 6.07) is -0.644. The largest absolute Gasteiger partial charge is 0.466 e. The Kier molecular flexibility index (Phi) is 52.1. The molecule has 0 aliphatic rings. The first-order valence-corrected chi connectivity index (χ1v) is 28.3. The normalized spacial score (nSPS) is 12.9. The number of nitrogens with one attached hydrogen (secondary N) is 1. The van der Waals surface area contributed by atoms with E-state index < -0.39 is 12.1 Å². The second kappa shape index (κ2) is 53.7. The van der Waals surface area contributed by atoms with Crippen LogP contribution in [0.25, 0.3) is 0 Å². The predicted octanol–water partition coefficient (Wildman–Crippen LogP) is 17.2. The van der Waals surface area contributed by atoms with Crippen molar-refractivity contribution in [2.24, 2.45) is 0 Å². The first-order valence-electron chi connectivity index (χ1n) is 28.3. The number of aliphatic hydroxyl groups is 2. The molecular weight excluding hydrogens is 791 g/mol. The molecule has 6 heteroatoms. The highest BCUT2D eigenvalue weighted by Crippen LogP contribution is 2.17. The molecule has 0 fully saturated rings. The molecule has 0 aliphatic heterocycles. The Hall–Kier alpha value is -1.92. The van der Waals surface area contributed by atoms with E-state index in [1.54, 1.807) is 6.08 Å². The molecule has 0 saturated carbocycles. The van der Waals surface area contributed by atoms with Gasteiger partial charge in [-0.15, -0.1) is 0 Å². The maximum absolute atomic E-state index is 12.5. The molecule has 0 heterocycles. The molecule has 64 heavy (non-hydrogen) atoms. The van der Waals surface area contributed by atoms with E-state index in [-0.39, 0.29) is 18.5 Å². The quantitative estimate of drug-likeness (QED) is 0.0321. The summed E-state index contributed by atoms with van der Waals surface area (Å²) < 4.78 is 5.45. The third-order valence-electron chi connectivity index (χ3n) is 12.9. The second-order valence-electron chi connectivity index (χ2n) is 19.3. The number of allylic oxidation sites excluding steroid dienone is 5. The average molecular weight is 901 g/mol. The maximum Gasteiger partial charge on any atom is 0.305 e. The van der Waals surface area contributed by atoms with Gasteiger partial charge in [-0.2, -0.15) is 0 Å². The minimum Gasteiger partial charge on any atom is -0.466 e. The smallest absolute Gasteiger partial charge is 0.305 e. The van der Waals surface area contributed by atoms with E-state index in [2.05, 4.69) is 43.5 Å². The number of carbonyl (C=O) groups is 2. The standard InChI is InChI=1S/C58H109NO5/c1-3-5-7-9-11-13-15-17-19-20-21-22-23-24-25-26-27-30-34-38-42-46-50-56(61)55(54-60)59-57(62)51-47-43-39-35-31-29-33-37-41-45-49-53-64-58(63)52-48-44-40-36-32-28-18-16-14-12-10-8-6-4-2/h10,12,16,18,46,50,55-56,60-61H,3-9,11,13-15,17,19-45,47-49,51-54H2,1-2H3,(H,59,62)/b12-10-,18-16-,50-46+. The molecule has 0 aromatic heterocycles. The monoisotopic (exact) mass is 900 g/mol. The molecule has 3 N–H and O–H groups in total. The van der Waals surface area contributed by atoms with E-state index in [1.807, 2.05) is 6.08 Å². The van der Waals surface area contributed by atoms with Crippen LogP contribution in [-0.2, 0) is 14.3 Å². The summed E-state index contributed by atoms with van der Waals surface area (Å²) in [6.07, 6.45) is 65.8. The van der Waals surface area contributed by atoms with Crippen LogP contribution in [0, 0.1) is 0 Å². The first-order chi connectivity index (χ1) is 31.5. The van der Waals surface area contributed by atoms with Crippen LogP contribution in [0.2, 0.25) is 0 Å². The second-order valence-corrected chi connectivity index (χ2v) is 19.3. The summed E-state index contributed by atoms with van der Waals surface area (Å²) in [5, 5.41) is 23.2. The van der Waals surface area contributed by atoms with Crippen molar-refractivity contribution in [1.82, 2.24) is 5.32 Å². The fourth-order valence-electron chi connectivity index (χ4n) is 8.53. The topological polar surface area (TPSA) is 95.9 Å². The Morgan fingerprint density at radius 1 is 0.438 bits per heavy atom. The number of amides is 1. The Balaban J connectivity index is 3.51. The van der Waals surface area contributed by atoms with Gasteiger partial charge in [0.1, 0.15) is 0 Å². The van der Waals surface area contributed by atoms with Gasteiger partial charge in [-0.3, -0.25) is 9.59 Å². The molecule has 0 aromatic carbocycles. The molecule has 0 bridgehead atoms. The zero-order valence-corrected chi connectivity index (χ0v) is 42.8. The van der Waals surface area contributed by atoms with Crippen molar-refractivity contribution in [3.63, 3.8) is 0 Å². The van der Waals surface area contributed by atoms with Gasteiger partial charge in [-0.25, -0.2) is 0 Å². The Morgan fingerprint density at radius 2 is 0.797 bits per heavy atom. The Morgan fingerprint density at radius 3 is 1.23 bits per heavy atom. The van der Waals surface area contributed by atoms with E-state index in [9.17, 15) is 19.8 Å². The molecule has 376 valence electrons. The minimum absolute atomic E-state index is 0.0298. The van der Waals surface area contributed by atoms with Gasteiger partial charge in [0.25, 0.3) is 0 Å². The van der Waals surface area contributed by atoms with Crippen molar-refractivity contribution in [1.29, 1.82) is 0 Å². The maximum atomic E-state index is 12.5. The van der Waals surface area contributed by atoms with Gasteiger partial charge in [-0.1, -0.05) is 262 Å². The van der Waals surface area contributed by atoms with Crippen LogP contribution < -0.4 is 5.32 Å². The van der Waals surface area contributed by atoms with Crippen molar-refractivity contribution in [2.75, 3.05) is 13.2 Å². The summed E-state index contributed by atoms with van der Waals surface area (Å²) in [6.45, 7) is 4.82. The fraction of sp³-hybridized carbons (Fsp3) is 0.862. The highest BCUT2D eigenvalue weighted by atomic mass is 16.5. The van der Waals surface area contributed by atoms with Crippen molar-refractivity contribution < 1.29 is 24.5 Å². The zero-order chi connectivity index (χ0) is 46.5. The number of hydrogen-bond donors (Lipinski definition) is 3. The Labute approximate surface area is 398 Å². The van der Waals surface area contributed by atoms with Gasteiger partial charge >= 0.3 is 5.97 Å². The van der Waals surface area contributed by atoms with Gasteiger partial charge < -0.3 is 20.3 Å². The van der Waals surface area contributed by atoms with Crippen LogP contribution in [0.1, 0.15) is 296 Å². The highest BCUT2D eigenvalue weighted by molar-refractivity contribution is 5.76. The van der Waals surface area contributed by atoms with Crippen LogP contribution in [0.4, 0.5) is 0 Å². The Bertz CT molecular complexity index is 1040. The number of unbranched alkanes of at least 4 members (excludes halogenated alkanes) is 37. The van der Waals surface area contributed by atoms with Crippen molar-refractivity contribution in [3.8, 4) is 0 Å². The van der Waals surface area contributed by atoms with Gasteiger partial charge in [0, 0.05) is 12.8 Å². The summed E-state index contributed by atoms with van der Waals surface area (Å²) in [7, 11) is 0. The van der Waals surface area contributed by atoms with E-state index in [1.165, 1.54) is 199 Å². The summed E-state index contributed by atoms with van der Waals surface area (Å²) in [5.41, 5.74) is 0. The SMILES string of the molecule is CCCC/C=C\C/C=C\CCCCCCCC(=O)OCCCCCCCCCCCCCC(=O)NC(CO)C(O)/C=C/CCCCCCCCCCCCCCCCCCCCCC. The van der Waals surface area contributed by atoms with Crippen LogP contribution in [0.15, 0.2) is 36.5 Å². The van der Waals surface area contributed by atoms with Crippen molar-refractivity contribution in [3.05, 3.63) is 36.5 Å². The van der Waals surface area contributed by atoms with E-state index in [4.69, 9.17) is 4.74 Å². The number of ether oxygens (including phenoxy) is 1. The molecule has 0 saturated heterocycles. The van der Waals surface area contributed by atoms with Gasteiger partial charge in [0.2, 0.25) is 5.91 Å². The fourth-order valence-corrected chi connectivity index (χ4v) is 8.53. The molecule has 0 aromatic rings. The average Bonchev–Trinajstić information content (AvgIpc) is 3.29. The van der Waals surface area contributed by atoms with Crippen LogP contribution in [-0.4, -0.2) is 47.4 Å². The number of rotatable bonds is 52. The number of esters is 1. The number of hydrogen-bond acceptors (Lipinski definition) is 5. The molecule has 6 nitrogen and oxygen atoms in total. The molecule has 2 unspecified atom stereocenters. The molecule has 2 atom stereocenters. The number of aliphatic hydroxyl groups excluding tert-OH is 2. The highest BCUT2D eigenvalue weighted by Gasteiger charge is 2.18. The molecule has 0 spiro atoms. The first kappa shape index (κ1) is 62.1. The van der Waals surface area contributed by atoms with Gasteiger partial charge in [0.15, 0.2) is 0 Å². The van der Waals surface area contributed by atoms with Gasteiger partial charge in [0.05, 0.1) is 25.4 Å². The molecule has 0 aliphatic carbocycles. The van der Waals surface area contributed by atoms with E-state index in [0.717, 1.165) is 70.6 Å². The third kappa shape index (κ3) is 49.5. The van der Waals surface area contributed by atoms with Crippen molar-refractivity contribution in [2.45, 2.75) is 309 Å². The lowest BCUT2D eigenvalue weighted by molar-refractivity contribution is -0.143. The van der Waals surface area contributed by atoms with E-state index >= 15 is 0 Å². The van der Waals surface area contributed by atoms with Crippen molar-refractivity contribution >= 4 is 11.9 Å². The lowest BCUT2D eigenvalue weighted by Crippen LogP contribution is -2.45. The summed E-state index contributed by atoms with van der Waals surface area (Å²) >= 11 is 0.